The van der Waals surface area contributed by atoms with Gasteiger partial charge < -0.3 is 14.2 Å². The topological polar surface area (TPSA) is 44.8 Å². The smallest absolute Gasteiger partial charge is 0.308 e. The van der Waals surface area contributed by atoms with Crippen molar-refractivity contribution in [3.8, 4) is 0 Å². The molecule has 0 saturated carbocycles. The molecule has 4 heteroatoms. The van der Waals surface area contributed by atoms with Crippen LogP contribution < -0.4 is 0 Å². The average molecular weight is 467 g/mol. The molecule has 1 unspecified atom stereocenters. The first-order valence-corrected chi connectivity index (χ1v) is 14.7. The van der Waals surface area contributed by atoms with Crippen molar-refractivity contribution in [3.63, 3.8) is 0 Å². The molecule has 194 valence electrons. The summed E-state index contributed by atoms with van der Waals surface area (Å²) < 4.78 is 18.9. The Hall–Kier alpha value is -0.610. The number of rotatable bonds is 8. The van der Waals surface area contributed by atoms with Crippen LogP contribution in [0.15, 0.2) is 0 Å². The highest BCUT2D eigenvalue weighted by atomic mass is 16.7. The van der Waals surface area contributed by atoms with Crippen LogP contribution in [0.4, 0.5) is 0 Å². The number of carbonyl (C=O) groups excluding carboxylic acids is 1. The summed E-state index contributed by atoms with van der Waals surface area (Å²) in [6.45, 7) is 4.55. The Balaban J connectivity index is 2.09. The van der Waals surface area contributed by atoms with Gasteiger partial charge in [-0.05, 0) is 51.9 Å². The summed E-state index contributed by atoms with van der Waals surface area (Å²) >= 11 is 0. The number of carbonyl (C=O) groups is 1. The lowest BCUT2D eigenvalue weighted by Gasteiger charge is -2.30. The van der Waals surface area contributed by atoms with Gasteiger partial charge in [-0.1, -0.05) is 96.8 Å². The molecule has 0 aromatic rings. The van der Waals surface area contributed by atoms with Crippen LogP contribution in [0.1, 0.15) is 149 Å². The van der Waals surface area contributed by atoms with E-state index in [2.05, 4.69) is 6.92 Å². The SMILES string of the molecule is CCCCC(CCC1OC2CCCCCCCCC(CCCCCCCC2)O1)C(=O)OCC. The van der Waals surface area contributed by atoms with Gasteiger partial charge in [-0.25, -0.2) is 0 Å². The van der Waals surface area contributed by atoms with Crippen LogP contribution in [0.25, 0.3) is 0 Å². The van der Waals surface area contributed by atoms with E-state index in [4.69, 9.17) is 14.2 Å². The number of hydrogen-bond donors (Lipinski definition) is 0. The average Bonchev–Trinajstić information content (AvgIpc) is 2.84. The Bertz CT molecular complexity index is 434. The quantitative estimate of drug-likeness (QED) is 0.336. The predicted octanol–water partition coefficient (Wildman–Crippen LogP) is 8.50. The van der Waals surface area contributed by atoms with Gasteiger partial charge in [0.1, 0.15) is 0 Å². The van der Waals surface area contributed by atoms with E-state index in [-0.39, 0.29) is 18.2 Å². The second kappa shape index (κ2) is 18.7. The van der Waals surface area contributed by atoms with Crippen LogP contribution in [0.5, 0.6) is 0 Å². The van der Waals surface area contributed by atoms with Gasteiger partial charge >= 0.3 is 5.97 Å². The lowest BCUT2D eigenvalue weighted by Crippen LogP contribution is -2.31. The molecule has 2 bridgehead atoms. The summed E-state index contributed by atoms with van der Waals surface area (Å²) in [5, 5.41) is 0. The molecule has 2 aliphatic rings. The fraction of sp³-hybridized carbons (Fsp3) is 0.966. The fourth-order valence-corrected chi connectivity index (χ4v) is 5.49. The summed E-state index contributed by atoms with van der Waals surface area (Å²) in [6.07, 6.45) is 25.6. The standard InChI is InChI=1S/C29H54O4/c1-3-5-18-25(29(30)31-4-2)23-24-28-32-26-19-14-10-6-7-11-15-20-27(33-28)22-17-13-9-8-12-16-21-26/h25-28H,3-24H2,1-2H3. The van der Waals surface area contributed by atoms with Crippen molar-refractivity contribution in [1.29, 1.82) is 0 Å². The summed E-state index contributed by atoms with van der Waals surface area (Å²) in [6, 6.07) is 0. The molecule has 0 radical (unpaired) electrons. The van der Waals surface area contributed by atoms with Gasteiger partial charge in [0.05, 0.1) is 24.7 Å². The van der Waals surface area contributed by atoms with E-state index in [0.29, 0.717) is 18.8 Å². The molecule has 0 spiro atoms. The second-order valence-corrected chi connectivity index (χ2v) is 10.5. The molecule has 2 rings (SSSR count). The number of fused-ring (bicyclic) bond motifs is 4. The van der Waals surface area contributed by atoms with Gasteiger partial charge in [0.2, 0.25) is 0 Å². The van der Waals surface area contributed by atoms with E-state index in [1.807, 2.05) is 6.92 Å². The Labute approximate surface area is 204 Å². The maximum absolute atomic E-state index is 12.6. The minimum Gasteiger partial charge on any atom is -0.466 e. The number of unbranched alkanes of at least 4 members (excludes halogenated alkanes) is 1. The summed E-state index contributed by atoms with van der Waals surface area (Å²) in [7, 11) is 0. The molecule has 2 fully saturated rings. The molecule has 1 atom stereocenters. The third-order valence-corrected chi connectivity index (χ3v) is 7.57. The van der Waals surface area contributed by atoms with Crippen molar-refractivity contribution in [2.75, 3.05) is 6.61 Å². The van der Waals surface area contributed by atoms with E-state index in [1.165, 1.54) is 77.0 Å². The normalized spacial score (nSPS) is 27.8. The third-order valence-electron chi connectivity index (χ3n) is 7.57. The highest BCUT2D eigenvalue weighted by Crippen LogP contribution is 2.27. The van der Waals surface area contributed by atoms with Crippen molar-refractivity contribution >= 4 is 5.97 Å². The highest BCUT2D eigenvalue weighted by molar-refractivity contribution is 5.72. The first-order chi connectivity index (χ1) is 16.2. The van der Waals surface area contributed by atoms with Crippen molar-refractivity contribution in [3.05, 3.63) is 0 Å². The lowest BCUT2D eigenvalue weighted by molar-refractivity contribution is -0.204. The Kier molecular flexibility index (Phi) is 16.2. The second-order valence-electron chi connectivity index (χ2n) is 10.5. The highest BCUT2D eigenvalue weighted by Gasteiger charge is 2.26. The van der Waals surface area contributed by atoms with Crippen LogP contribution >= 0.6 is 0 Å². The van der Waals surface area contributed by atoms with Gasteiger partial charge in [0.15, 0.2) is 6.29 Å². The summed E-state index contributed by atoms with van der Waals surface area (Å²) in [5.74, 6) is -0.0600. The minimum absolute atomic E-state index is 0.0272. The fourth-order valence-electron chi connectivity index (χ4n) is 5.49. The molecule has 33 heavy (non-hydrogen) atoms. The molecule has 0 N–H and O–H groups in total. The largest absolute Gasteiger partial charge is 0.466 e. The van der Waals surface area contributed by atoms with Crippen LogP contribution in [-0.4, -0.2) is 31.1 Å². The zero-order valence-electron chi connectivity index (χ0n) is 22.0. The lowest BCUT2D eigenvalue weighted by atomic mass is 9.96. The van der Waals surface area contributed by atoms with Crippen molar-refractivity contribution in [2.45, 2.75) is 167 Å². The van der Waals surface area contributed by atoms with Crippen molar-refractivity contribution in [1.82, 2.24) is 0 Å². The Morgan fingerprint density at radius 1 is 0.727 bits per heavy atom. The molecule has 2 heterocycles. The molecule has 0 amide bonds. The first-order valence-electron chi connectivity index (χ1n) is 14.7. The molecule has 0 aromatic heterocycles. The van der Waals surface area contributed by atoms with Gasteiger partial charge in [0, 0.05) is 0 Å². The van der Waals surface area contributed by atoms with Gasteiger partial charge in [-0.2, -0.15) is 0 Å². The predicted molar refractivity (Wildman–Crippen MR) is 136 cm³/mol. The van der Waals surface area contributed by atoms with Gasteiger partial charge in [0.25, 0.3) is 0 Å². The van der Waals surface area contributed by atoms with Crippen LogP contribution in [-0.2, 0) is 19.0 Å². The molecule has 0 aromatic carbocycles. The first kappa shape index (κ1) is 28.6. The van der Waals surface area contributed by atoms with E-state index in [0.717, 1.165) is 57.8 Å². The molecule has 0 aliphatic carbocycles. The maximum atomic E-state index is 12.6. The number of ether oxygens (including phenoxy) is 3. The molecule has 2 saturated heterocycles. The minimum atomic E-state index is -0.181. The zero-order valence-corrected chi connectivity index (χ0v) is 22.0. The van der Waals surface area contributed by atoms with Crippen LogP contribution in [0, 0.1) is 5.92 Å². The molecular formula is C29H54O4. The molecule has 4 nitrogen and oxygen atoms in total. The number of hydrogen-bond acceptors (Lipinski definition) is 4. The maximum Gasteiger partial charge on any atom is 0.308 e. The van der Waals surface area contributed by atoms with E-state index in [9.17, 15) is 4.79 Å². The van der Waals surface area contributed by atoms with Crippen molar-refractivity contribution in [2.24, 2.45) is 5.92 Å². The van der Waals surface area contributed by atoms with Crippen molar-refractivity contribution < 1.29 is 19.0 Å². The summed E-state index contributed by atoms with van der Waals surface area (Å²) in [5.41, 5.74) is 0. The van der Waals surface area contributed by atoms with Gasteiger partial charge in [-0.3, -0.25) is 4.79 Å². The third kappa shape index (κ3) is 13.2. The van der Waals surface area contributed by atoms with Crippen LogP contribution in [0.2, 0.25) is 0 Å². The van der Waals surface area contributed by atoms with E-state index >= 15 is 0 Å². The Morgan fingerprint density at radius 2 is 1.18 bits per heavy atom. The zero-order chi connectivity index (χ0) is 23.6. The van der Waals surface area contributed by atoms with E-state index in [1.54, 1.807) is 0 Å². The Morgan fingerprint density at radius 3 is 1.61 bits per heavy atom. The molecule has 2 aliphatic heterocycles. The summed E-state index contributed by atoms with van der Waals surface area (Å²) in [4.78, 5) is 12.6. The van der Waals surface area contributed by atoms with Crippen LogP contribution in [0.3, 0.4) is 0 Å². The number of esters is 1. The van der Waals surface area contributed by atoms with E-state index < -0.39 is 0 Å². The monoisotopic (exact) mass is 466 g/mol. The molecular weight excluding hydrogens is 412 g/mol. The van der Waals surface area contributed by atoms with Gasteiger partial charge in [-0.15, -0.1) is 0 Å².